The number of hydrogen-bond acceptors (Lipinski definition) is 2. The topological polar surface area (TPSA) is 43.8 Å². The van der Waals surface area contributed by atoms with E-state index >= 15 is 0 Å². The lowest BCUT2D eigenvalue weighted by Crippen LogP contribution is -2.06. The summed E-state index contributed by atoms with van der Waals surface area (Å²) >= 11 is 6.15. The Morgan fingerprint density at radius 1 is 1.28 bits per heavy atom. The molecule has 0 aliphatic rings. The summed E-state index contributed by atoms with van der Waals surface area (Å²) in [6.07, 6.45) is 0. The minimum absolute atomic E-state index is 0.576. The number of benzene rings is 1. The fraction of sp³-hybridized carbons (Fsp3) is 0.357. The summed E-state index contributed by atoms with van der Waals surface area (Å²) in [4.78, 5) is 0. The zero-order valence-electron chi connectivity index (χ0n) is 11.0. The molecule has 0 atom stereocenters. The maximum atomic E-state index is 6.15. The Hall–Kier alpha value is -1.32. The molecule has 1 heterocycles. The second kappa shape index (κ2) is 5.12. The van der Waals surface area contributed by atoms with Crippen LogP contribution in [0.4, 0.5) is 0 Å². The third kappa shape index (κ3) is 2.42. The highest BCUT2D eigenvalue weighted by atomic mass is 35.5. The van der Waals surface area contributed by atoms with Crippen LogP contribution in [0.1, 0.15) is 28.1 Å². The summed E-state index contributed by atoms with van der Waals surface area (Å²) in [6, 6.07) is 6.31. The molecule has 0 saturated heterocycles. The first-order valence-electron chi connectivity index (χ1n) is 6.01. The van der Waals surface area contributed by atoms with Gasteiger partial charge in [0.1, 0.15) is 0 Å². The van der Waals surface area contributed by atoms with Crippen molar-refractivity contribution >= 4 is 11.6 Å². The van der Waals surface area contributed by atoms with E-state index in [1.807, 2.05) is 18.5 Å². The molecule has 0 unspecified atom stereocenters. The number of aryl methyl sites for hydroxylation is 2. The van der Waals surface area contributed by atoms with Crippen molar-refractivity contribution < 1.29 is 0 Å². The second-order valence-corrected chi connectivity index (χ2v) is 4.99. The molecule has 0 spiro atoms. The molecule has 96 valence electrons. The van der Waals surface area contributed by atoms with E-state index in [4.69, 9.17) is 17.3 Å². The van der Waals surface area contributed by atoms with Gasteiger partial charge in [-0.1, -0.05) is 29.8 Å². The van der Waals surface area contributed by atoms with Gasteiger partial charge in [-0.3, -0.25) is 4.68 Å². The molecular weight excluding hydrogens is 246 g/mol. The van der Waals surface area contributed by atoms with Crippen LogP contribution < -0.4 is 5.73 Å². The van der Waals surface area contributed by atoms with E-state index in [9.17, 15) is 0 Å². The van der Waals surface area contributed by atoms with Crippen molar-refractivity contribution in [1.29, 1.82) is 0 Å². The van der Waals surface area contributed by atoms with Crippen molar-refractivity contribution in [3.8, 4) is 0 Å². The summed E-state index contributed by atoms with van der Waals surface area (Å²) in [6.45, 7) is 7.34. The Kier molecular flexibility index (Phi) is 3.73. The van der Waals surface area contributed by atoms with Gasteiger partial charge in [-0.25, -0.2) is 0 Å². The van der Waals surface area contributed by atoms with Crippen molar-refractivity contribution in [2.24, 2.45) is 5.73 Å². The highest BCUT2D eigenvalue weighted by molar-refractivity contribution is 6.31. The zero-order chi connectivity index (χ0) is 13.3. The van der Waals surface area contributed by atoms with Crippen LogP contribution in [-0.2, 0) is 13.1 Å². The molecule has 0 aliphatic heterocycles. The first-order chi connectivity index (χ1) is 8.52. The van der Waals surface area contributed by atoms with Crippen LogP contribution in [-0.4, -0.2) is 9.78 Å². The third-order valence-corrected chi connectivity index (χ3v) is 3.80. The van der Waals surface area contributed by atoms with Gasteiger partial charge in [-0.15, -0.1) is 0 Å². The molecule has 0 radical (unpaired) electrons. The van der Waals surface area contributed by atoms with Gasteiger partial charge in [0, 0.05) is 6.54 Å². The van der Waals surface area contributed by atoms with Crippen molar-refractivity contribution in [3.05, 3.63) is 51.3 Å². The number of aromatic nitrogens is 2. The maximum Gasteiger partial charge on any atom is 0.0844 e. The summed E-state index contributed by atoms with van der Waals surface area (Å²) < 4.78 is 1.95. The molecule has 2 N–H and O–H groups in total. The van der Waals surface area contributed by atoms with Gasteiger partial charge >= 0.3 is 0 Å². The van der Waals surface area contributed by atoms with Crippen LogP contribution in [0.25, 0.3) is 0 Å². The van der Waals surface area contributed by atoms with Gasteiger partial charge in [0.2, 0.25) is 0 Å². The fourth-order valence-electron chi connectivity index (χ4n) is 2.05. The van der Waals surface area contributed by atoms with E-state index in [0.717, 1.165) is 28.5 Å². The molecule has 3 nitrogen and oxygen atoms in total. The van der Waals surface area contributed by atoms with Crippen molar-refractivity contribution in [2.45, 2.75) is 33.9 Å². The molecule has 1 aromatic heterocycles. The van der Waals surface area contributed by atoms with Crippen molar-refractivity contribution in [2.75, 3.05) is 0 Å². The lowest BCUT2D eigenvalue weighted by Gasteiger charge is -2.09. The minimum Gasteiger partial charge on any atom is -0.326 e. The van der Waals surface area contributed by atoms with Gasteiger partial charge in [-0.05, 0) is 37.5 Å². The summed E-state index contributed by atoms with van der Waals surface area (Å²) in [5.74, 6) is 0. The molecular formula is C14H18ClN3. The standard InChI is InChI=1S/C14H18ClN3/c1-9-6-12(7-16)4-5-13(9)8-18-11(3)14(15)10(2)17-18/h4-6H,7-8,16H2,1-3H3. The van der Waals surface area contributed by atoms with E-state index in [-0.39, 0.29) is 0 Å². The first kappa shape index (κ1) is 13.1. The summed E-state index contributed by atoms with van der Waals surface area (Å²) in [5, 5.41) is 5.20. The first-order valence-corrected chi connectivity index (χ1v) is 6.38. The van der Waals surface area contributed by atoms with Crippen LogP contribution in [0.3, 0.4) is 0 Å². The van der Waals surface area contributed by atoms with E-state index in [1.165, 1.54) is 11.1 Å². The van der Waals surface area contributed by atoms with Crippen molar-refractivity contribution in [3.63, 3.8) is 0 Å². The zero-order valence-corrected chi connectivity index (χ0v) is 11.8. The quantitative estimate of drug-likeness (QED) is 0.925. The molecule has 0 amide bonds. The Morgan fingerprint density at radius 3 is 2.50 bits per heavy atom. The normalized spacial score (nSPS) is 10.9. The van der Waals surface area contributed by atoms with Crippen LogP contribution in [0.15, 0.2) is 18.2 Å². The number of nitrogens with zero attached hydrogens (tertiary/aromatic N) is 2. The van der Waals surface area contributed by atoms with E-state index < -0.39 is 0 Å². The second-order valence-electron chi connectivity index (χ2n) is 4.61. The Balaban J connectivity index is 2.31. The fourth-order valence-corrected chi connectivity index (χ4v) is 2.19. The molecule has 2 aromatic rings. The largest absolute Gasteiger partial charge is 0.326 e. The lowest BCUT2D eigenvalue weighted by atomic mass is 10.1. The van der Waals surface area contributed by atoms with Gasteiger partial charge in [0.25, 0.3) is 0 Å². The third-order valence-electron chi connectivity index (χ3n) is 3.26. The monoisotopic (exact) mass is 263 g/mol. The molecule has 0 aliphatic carbocycles. The van der Waals surface area contributed by atoms with Crippen LogP contribution in [0.5, 0.6) is 0 Å². The molecule has 0 bridgehead atoms. The number of nitrogens with two attached hydrogens (primary N) is 1. The number of hydrogen-bond donors (Lipinski definition) is 1. The van der Waals surface area contributed by atoms with Gasteiger partial charge in [-0.2, -0.15) is 5.10 Å². The van der Waals surface area contributed by atoms with E-state index in [1.54, 1.807) is 0 Å². The highest BCUT2D eigenvalue weighted by Gasteiger charge is 2.10. The molecule has 2 rings (SSSR count). The predicted molar refractivity (Wildman–Crippen MR) is 74.9 cm³/mol. The lowest BCUT2D eigenvalue weighted by molar-refractivity contribution is 0.656. The Labute approximate surface area is 113 Å². The molecule has 18 heavy (non-hydrogen) atoms. The average Bonchev–Trinajstić information content (AvgIpc) is 2.59. The Bertz CT molecular complexity index is 573. The van der Waals surface area contributed by atoms with Crippen molar-refractivity contribution in [1.82, 2.24) is 9.78 Å². The SMILES string of the molecule is Cc1cc(CN)ccc1Cn1nc(C)c(Cl)c1C. The number of rotatable bonds is 3. The highest BCUT2D eigenvalue weighted by Crippen LogP contribution is 2.21. The van der Waals surface area contributed by atoms with Gasteiger partial charge in [0.15, 0.2) is 0 Å². The Morgan fingerprint density at radius 2 is 2.00 bits per heavy atom. The summed E-state index contributed by atoms with van der Waals surface area (Å²) in [5.41, 5.74) is 11.2. The van der Waals surface area contributed by atoms with Gasteiger partial charge < -0.3 is 5.73 Å². The minimum atomic E-state index is 0.576. The summed E-state index contributed by atoms with van der Waals surface area (Å²) in [7, 11) is 0. The van der Waals surface area contributed by atoms with Crippen LogP contribution in [0.2, 0.25) is 5.02 Å². The molecule has 4 heteroatoms. The van der Waals surface area contributed by atoms with Crippen LogP contribution in [0, 0.1) is 20.8 Å². The maximum absolute atomic E-state index is 6.15. The van der Waals surface area contributed by atoms with Crippen LogP contribution >= 0.6 is 11.6 Å². The molecule has 0 fully saturated rings. The van der Waals surface area contributed by atoms with E-state index in [2.05, 4.69) is 30.2 Å². The smallest absolute Gasteiger partial charge is 0.0844 e. The number of halogens is 1. The van der Waals surface area contributed by atoms with E-state index in [0.29, 0.717) is 6.54 Å². The predicted octanol–water partition coefficient (Wildman–Crippen LogP) is 2.97. The molecule has 1 aromatic carbocycles. The van der Waals surface area contributed by atoms with Gasteiger partial charge in [0.05, 0.1) is 23.0 Å². The molecule has 0 saturated carbocycles. The average molecular weight is 264 g/mol.